The van der Waals surface area contributed by atoms with Gasteiger partial charge in [0.2, 0.25) is 0 Å². The van der Waals surface area contributed by atoms with Gasteiger partial charge < -0.3 is 5.11 Å². The zero-order valence-corrected chi connectivity index (χ0v) is 8.39. The third-order valence-electron chi connectivity index (χ3n) is 2.38. The van der Waals surface area contributed by atoms with Crippen LogP contribution in [0.4, 0.5) is 0 Å². The van der Waals surface area contributed by atoms with Crippen LogP contribution in [0.3, 0.4) is 0 Å². The van der Waals surface area contributed by atoms with Crippen LogP contribution in [0, 0.1) is 19.8 Å². The van der Waals surface area contributed by atoms with E-state index >= 15 is 0 Å². The van der Waals surface area contributed by atoms with Crippen LogP contribution in [0.25, 0.3) is 0 Å². The van der Waals surface area contributed by atoms with Crippen LogP contribution in [-0.4, -0.2) is 16.1 Å². The van der Waals surface area contributed by atoms with Gasteiger partial charge in [-0.3, -0.25) is 4.79 Å². The van der Waals surface area contributed by atoms with Gasteiger partial charge in [-0.15, -0.1) is 11.3 Å². The number of aromatic nitrogens is 1. The molecule has 1 aliphatic carbocycles. The first-order valence-electron chi connectivity index (χ1n) is 4.26. The molecular formula is C9H11NO2S. The van der Waals surface area contributed by atoms with Gasteiger partial charge in [0.05, 0.1) is 16.6 Å². The average molecular weight is 197 g/mol. The van der Waals surface area contributed by atoms with Gasteiger partial charge in [-0.25, -0.2) is 4.98 Å². The van der Waals surface area contributed by atoms with Crippen molar-refractivity contribution in [2.75, 3.05) is 0 Å². The fourth-order valence-electron chi connectivity index (χ4n) is 1.65. The Kier molecular flexibility index (Phi) is 1.87. The number of aliphatic carboxylic acids is 1. The second-order valence-corrected chi connectivity index (χ2v) is 4.70. The molecule has 0 bridgehead atoms. The van der Waals surface area contributed by atoms with Gasteiger partial charge in [0, 0.05) is 10.8 Å². The smallest absolute Gasteiger partial charge is 0.307 e. The second kappa shape index (κ2) is 2.80. The van der Waals surface area contributed by atoms with Crippen molar-refractivity contribution in [2.24, 2.45) is 5.92 Å². The van der Waals surface area contributed by atoms with Crippen LogP contribution >= 0.6 is 11.3 Å². The highest BCUT2D eigenvalue weighted by Gasteiger charge is 2.46. The number of aryl methyl sites for hydroxylation is 2. The molecule has 0 unspecified atom stereocenters. The first kappa shape index (κ1) is 8.69. The number of rotatable bonds is 2. The Morgan fingerprint density at radius 3 is 2.69 bits per heavy atom. The monoisotopic (exact) mass is 197 g/mol. The molecule has 1 N–H and O–H groups in total. The molecule has 4 heteroatoms. The van der Waals surface area contributed by atoms with E-state index < -0.39 is 5.97 Å². The summed E-state index contributed by atoms with van der Waals surface area (Å²) in [6.45, 7) is 3.91. The summed E-state index contributed by atoms with van der Waals surface area (Å²) in [5.74, 6) is -0.585. The van der Waals surface area contributed by atoms with Crippen molar-refractivity contribution in [3.8, 4) is 0 Å². The van der Waals surface area contributed by atoms with Crippen LogP contribution in [0.5, 0.6) is 0 Å². The van der Waals surface area contributed by atoms with Crippen LogP contribution in [-0.2, 0) is 4.79 Å². The summed E-state index contributed by atoms with van der Waals surface area (Å²) in [5.41, 5.74) is 1.01. The molecule has 0 aliphatic heterocycles. The molecule has 2 rings (SSSR count). The summed E-state index contributed by atoms with van der Waals surface area (Å²) in [6, 6.07) is 0. The fourth-order valence-corrected chi connectivity index (χ4v) is 2.75. The largest absolute Gasteiger partial charge is 0.481 e. The minimum absolute atomic E-state index is 0.154. The summed E-state index contributed by atoms with van der Waals surface area (Å²) in [4.78, 5) is 16.1. The standard InChI is InChI=1S/C9H11NO2S/c1-4-8(13-5(2)10-4)6-3-7(6)9(11)12/h6-7H,3H2,1-2H3,(H,11,12)/t6-,7-/m1/s1. The van der Waals surface area contributed by atoms with Gasteiger partial charge in [-0.05, 0) is 20.3 Å². The average Bonchev–Trinajstić information content (AvgIpc) is 2.73. The van der Waals surface area contributed by atoms with Crippen molar-refractivity contribution in [1.82, 2.24) is 4.98 Å². The molecule has 1 heterocycles. The van der Waals surface area contributed by atoms with Gasteiger partial charge in [-0.1, -0.05) is 0 Å². The molecular weight excluding hydrogens is 186 g/mol. The molecule has 2 atom stereocenters. The molecule has 0 spiro atoms. The van der Waals surface area contributed by atoms with E-state index in [4.69, 9.17) is 5.11 Å². The number of hydrogen-bond acceptors (Lipinski definition) is 3. The molecule has 1 fully saturated rings. The maximum atomic E-state index is 10.6. The number of hydrogen-bond donors (Lipinski definition) is 1. The zero-order chi connectivity index (χ0) is 9.59. The van der Waals surface area contributed by atoms with E-state index in [1.807, 2.05) is 13.8 Å². The number of carbonyl (C=O) groups is 1. The van der Waals surface area contributed by atoms with E-state index in [0.717, 1.165) is 17.1 Å². The molecule has 0 aromatic carbocycles. The van der Waals surface area contributed by atoms with Gasteiger partial charge >= 0.3 is 5.97 Å². The normalized spacial score (nSPS) is 26.0. The lowest BCUT2D eigenvalue weighted by Crippen LogP contribution is -1.98. The quantitative estimate of drug-likeness (QED) is 0.788. The minimum atomic E-state index is -0.671. The van der Waals surface area contributed by atoms with Crippen molar-refractivity contribution in [3.63, 3.8) is 0 Å². The molecule has 13 heavy (non-hydrogen) atoms. The van der Waals surface area contributed by atoms with Crippen molar-refractivity contribution in [3.05, 3.63) is 15.6 Å². The maximum absolute atomic E-state index is 10.6. The highest BCUT2D eigenvalue weighted by molar-refractivity contribution is 7.11. The summed E-state index contributed by atoms with van der Waals surface area (Å²) >= 11 is 1.63. The van der Waals surface area contributed by atoms with Crippen molar-refractivity contribution < 1.29 is 9.90 Å². The van der Waals surface area contributed by atoms with Gasteiger partial charge in [0.25, 0.3) is 0 Å². The molecule has 70 valence electrons. The number of thiazole rings is 1. The molecule has 1 aromatic heterocycles. The molecule has 1 aromatic rings. The Bertz CT molecular complexity index is 358. The molecule has 0 saturated heterocycles. The van der Waals surface area contributed by atoms with Crippen molar-refractivity contribution >= 4 is 17.3 Å². The lowest BCUT2D eigenvalue weighted by molar-refractivity contribution is -0.138. The first-order chi connectivity index (χ1) is 6.09. The van der Waals surface area contributed by atoms with E-state index in [1.54, 1.807) is 11.3 Å². The Morgan fingerprint density at radius 2 is 2.31 bits per heavy atom. The first-order valence-corrected chi connectivity index (χ1v) is 5.08. The summed E-state index contributed by atoms with van der Waals surface area (Å²) in [7, 11) is 0. The minimum Gasteiger partial charge on any atom is -0.481 e. The molecule has 0 radical (unpaired) electrons. The lowest BCUT2D eigenvalue weighted by atomic mass is 10.2. The van der Waals surface area contributed by atoms with Crippen LogP contribution in [0.2, 0.25) is 0 Å². The summed E-state index contributed by atoms with van der Waals surface area (Å²) in [5, 5.41) is 9.80. The second-order valence-electron chi connectivity index (χ2n) is 3.47. The topological polar surface area (TPSA) is 50.2 Å². The summed E-state index contributed by atoms with van der Waals surface area (Å²) in [6.07, 6.45) is 0.789. The highest BCUT2D eigenvalue weighted by atomic mass is 32.1. The third kappa shape index (κ3) is 1.46. The number of nitrogens with zero attached hydrogens (tertiary/aromatic N) is 1. The Balaban J connectivity index is 2.20. The number of carboxylic acid groups (broad SMARTS) is 1. The van der Waals surface area contributed by atoms with Crippen molar-refractivity contribution in [1.29, 1.82) is 0 Å². The lowest BCUT2D eigenvalue weighted by Gasteiger charge is -1.92. The van der Waals surface area contributed by atoms with E-state index in [0.29, 0.717) is 0 Å². The molecule has 0 amide bonds. The van der Waals surface area contributed by atoms with Crippen LogP contribution < -0.4 is 0 Å². The molecule has 1 saturated carbocycles. The van der Waals surface area contributed by atoms with Crippen LogP contribution in [0.1, 0.15) is 27.9 Å². The van der Waals surface area contributed by atoms with Crippen LogP contribution in [0.15, 0.2) is 0 Å². The Labute approximate surface area is 80.4 Å². The Hall–Kier alpha value is -0.900. The molecule has 3 nitrogen and oxygen atoms in total. The Morgan fingerprint density at radius 1 is 1.62 bits per heavy atom. The van der Waals surface area contributed by atoms with E-state index in [2.05, 4.69) is 4.98 Å². The zero-order valence-electron chi connectivity index (χ0n) is 7.57. The molecule has 1 aliphatic rings. The number of carboxylic acids is 1. The van der Waals surface area contributed by atoms with Gasteiger partial charge in [0.15, 0.2) is 0 Å². The van der Waals surface area contributed by atoms with Crippen molar-refractivity contribution in [2.45, 2.75) is 26.2 Å². The van der Waals surface area contributed by atoms with Gasteiger partial charge in [0.1, 0.15) is 0 Å². The van der Waals surface area contributed by atoms with E-state index in [1.165, 1.54) is 4.88 Å². The van der Waals surface area contributed by atoms with E-state index in [9.17, 15) is 4.79 Å². The fraction of sp³-hybridized carbons (Fsp3) is 0.556. The summed E-state index contributed by atoms with van der Waals surface area (Å²) < 4.78 is 0. The predicted octanol–water partition coefficient (Wildman–Crippen LogP) is 1.95. The van der Waals surface area contributed by atoms with E-state index in [-0.39, 0.29) is 11.8 Å². The maximum Gasteiger partial charge on any atom is 0.307 e. The predicted molar refractivity (Wildman–Crippen MR) is 50.1 cm³/mol. The third-order valence-corrected chi connectivity index (χ3v) is 3.59. The highest BCUT2D eigenvalue weighted by Crippen LogP contribution is 2.50. The van der Waals surface area contributed by atoms with Gasteiger partial charge in [-0.2, -0.15) is 0 Å². The SMILES string of the molecule is Cc1nc(C)c([C@@H]2C[C@H]2C(=O)O)s1.